The van der Waals surface area contributed by atoms with Crippen molar-refractivity contribution in [3.63, 3.8) is 0 Å². The van der Waals surface area contributed by atoms with E-state index < -0.39 is 11.7 Å². The minimum atomic E-state index is -0.787. The Morgan fingerprint density at radius 1 is 1.31 bits per heavy atom. The molecular formula is C20H27FN6O2. The van der Waals surface area contributed by atoms with Crippen molar-refractivity contribution < 1.29 is 13.9 Å². The molecule has 2 aromatic heterocycles. The van der Waals surface area contributed by atoms with Crippen molar-refractivity contribution in [2.75, 3.05) is 17.7 Å². The molecule has 1 aliphatic rings. The fourth-order valence-electron chi connectivity index (χ4n) is 3.12. The predicted molar refractivity (Wildman–Crippen MR) is 110 cm³/mol. The molecule has 29 heavy (non-hydrogen) atoms. The Hall–Kier alpha value is -2.94. The number of amides is 1. The number of hydrogen-bond acceptors (Lipinski definition) is 7. The highest BCUT2D eigenvalue weighted by atomic mass is 19.1. The summed E-state index contributed by atoms with van der Waals surface area (Å²) in [7, 11) is 1.51. The molecule has 0 spiro atoms. The maximum Gasteiger partial charge on any atom is 0.252 e. The average molecular weight is 402 g/mol. The van der Waals surface area contributed by atoms with Crippen molar-refractivity contribution in [3.8, 4) is 5.88 Å². The van der Waals surface area contributed by atoms with E-state index in [2.05, 4.69) is 20.6 Å². The monoisotopic (exact) mass is 402 g/mol. The maximum absolute atomic E-state index is 14.7. The molecule has 9 heteroatoms. The van der Waals surface area contributed by atoms with Gasteiger partial charge in [0, 0.05) is 29.5 Å². The van der Waals surface area contributed by atoms with Gasteiger partial charge < -0.3 is 26.8 Å². The van der Waals surface area contributed by atoms with E-state index in [1.165, 1.54) is 7.11 Å². The number of methoxy groups -OCH3 is 1. The predicted octanol–water partition coefficient (Wildman–Crippen LogP) is 2.70. The number of ether oxygens (including phenoxy) is 1. The highest BCUT2D eigenvalue weighted by Gasteiger charge is 2.28. The van der Waals surface area contributed by atoms with Crippen LogP contribution in [-0.4, -0.2) is 35.1 Å². The summed E-state index contributed by atoms with van der Waals surface area (Å²) < 4.78 is 19.8. The van der Waals surface area contributed by atoms with E-state index in [9.17, 15) is 9.18 Å². The summed E-state index contributed by atoms with van der Waals surface area (Å²) in [6.07, 6.45) is 3.18. The number of anilines is 3. The van der Waals surface area contributed by atoms with Crippen molar-refractivity contribution >= 4 is 23.2 Å². The minimum Gasteiger partial charge on any atom is -0.481 e. The number of halogens is 1. The molecule has 0 saturated heterocycles. The third kappa shape index (κ3) is 5.32. The molecule has 2 aromatic rings. The van der Waals surface area contributed by atoms with Crippen LogP contribution in [0.5, 0.6) is 5.88 Å². The van der Waals surface area contributed by atoms with Gasteiger partial charge >= 0.3 is 0 Å². The summed E-state index contributed by atoms with van der Waals surface area (Å²) in [6.45, 7) is 3.68. The second-order valence-electron chi connectivity index (χ2n) is 7.53. The lowest BCUT2D eigenvalue weighted by Gasteiger charge is -2.24. The number of rotatable bonds is 9. The van der Waals surface area contributed by atoms with Crippen LogP contribution in [0, 0.1) is 18.7 Å². The van der Waals surface area contributed by atoms with Crippen molar-refractivity contribution in [3.05, 3.63) is 35.3 Å². The van der Waals surface area contributed by atoms with E-state index >= 15 is 0 Å². The number of nitrogens with zero attached hydrogens (tertiary/aromatic N) is 2. The maximum atomic E-state index is 14.7. The summed E-state index contributed by atoms with van der Waals surface area (Å²) in [5.41, 5.74) is 12.7. The van der Waals surface area contributed by atoms with Crippen molar-refractivity contribution in [1.29, 1.82) is 0 Å². The van der Waals surface area contributed by atoms with Gasteiger partial charge in [-0.05, 0) is 38.3 Å². The molecule has 0 aliphatic heterocycles. The van der Waals surface area contributed by atoms with E-state index in [1.807, 2.05) is 6.92 Å². The SMILES string of the molecule is COc1cc(Nc2nc(N[C@H](CC3CC3)[C@H](C)N)c(F)cc2C(N)=O)cc(C)n1. The molecular weight excluding hydrogens is 375 g/mol. The van der Waals surface area contributed by atoms with E-state index in [1.54, 1.807) is 19.1 Å². The van der Waals surface area contributed by atoms with E-state index in [-0.39, 0.29) is 29.3 Å². The number of hydrogen-bond donors (Lipinski definition) is 4. The Balaban J connectivity index is 1.93. The van der Waals surface area contributed by atoms with Crippen LogP contribution in [0.2, 0.25) is 0 Å². The third-order valence-corrected chi connectivity index (χ3v) is 4.88. The summed E-state index contributed by atoms with van der Waals surface area (Å²) in [4.78, 5) is 20.4. The van der Waals surface area contributed by atoms with Gasteiger partial charge in [0.1, 0.15) is 5.82 Å². The second kappa shape index (κ2) is 8.60. The van der Waals surface area contributed by atoms with Crippen LogP contribution < -0.4 is 26.8 Å². The summed E-state index contributed by atoms with van der Waals surface area (Å²) in [6, 6.07) is 4.17. The van der Waals surface area contributed by atoms with Crippen LogP contribution in [0.15, 0.2) is 18.2 Å². The lowest BCUT2D eigenvalue weighted by atomic mass is 10.0. The number of nitrogens with one attached hydrogen (secondary N) is 2. The lowest BCUT2D eigenvalue weighted by Crippen LogP contribution is -2.39. The van der Waals surface area contributed by atoms with E-state index in [4.69, 9.17) is 16.2 Å². The van der Waals surface area contributed by atoms with Gasteiger partial charge in [0.25, 0.3) is 5.91 Å². The quantitative estimate of drug-likeness (QED) is 0.508. The van der Waals surface area contributed by atoms with Crippen LogP contribution in [-0.2, 0) is 0 Å². The highest BCUT2D eigenvalue weighted by Crippen LogP contribution is 2.35. The number of primary amides is 1. The number of pyridine rings is 2. The van der Waals surface area contributed by atoms with Crippen LogP contribution in [0.25, 0.3) is 0 Å². The normalized spacial score (nSPS) is 15.5. The zero-order valence-corrected chi connectivity index (χ0v) is 16.8. The Labute approximate surface area is 169 Å². The van der Waals surface area contributed by atoms with Crippen LogP contribution in [0.4, 0.5) is 21.7 Å². The van der Waals surface area contributed by atoms with Gasteiger partial charge in [-0.2, -0.15) is 0 Å². The summed E-state index contributed by atoms with van der Waals surface area (Å²) in [5.74, 6) is -0.271. The van der Waals surface area contributed by atoms with E-state index in [0.717, 1.165) is 25.3 Å². The molecule has 3 rings (SSSR count). The first-order chi connectivity index (χ1) is 13.8. The van der Waals surface area contributed by atoms with E-state index in [0.29, 0.717) is 23.2 Å². The fourth-order valence-corrected chi connectivity index (χ4v) is 3.12. The Bertz CT molecular complexity index is 901. The molecule has 2 heterocycles. The van der Waals surface area contributed by atoms with Gasteiger partial charge in [-0.25, -0.2) is 14.4 Å². The molecule has 6 N–H and O–H groups in total. The number of carbonyl (C=O) groups is 1. The fraction of sp³-hybridized carbons (Fsp3) is 0.450. The first-order valence-electron chi connectivity index (χ1n) is 9.59. The average Bonchev–Trinajstić information content (AvgIpc) is 3.46. The molecule has 1 aliphatic carbocycles. The number of carbonyl (C=O) groups excluding carboxylic acids is 1. The first kappa shape index (κ1) is 20.8. The molecule has 156 valence electrons. The molecule has 1 amide bonds. The van der Waals surface area contributed by atoms with Gasteiger partial charge in [0.15, 0.2) is 11.6 Å². The zero-order chi connectivity index (χ0) is 21.1. The number of aromatic nitrogens is 2. The molecule has 1 saturated carbocycles. The van der Waals surface area contributed by atoms with Crippen LogP contribution in [0.3, 0.4) is 0 Å². The largest absolute Gasteiger partial charge is 0.481 e. The molecule has 0 radical (unpaired) electrons. The summed E-state index contributed by atoms with van der Waals surface area (Å²) in [5, 5.41) is 6.13. The molecule has 2 atom stereocenters. The Morgan fingerprint density at radius 3 is 2.62 bits per heavy atom. The molecule has 0 unspecified atom stereocenters. The number of aryl methyl sites for hydroxylation is 1. The molecule has 8 nitrogen and oxygen atoms in total. The molecule has 1 fully saturated rings. The third-order valence-electron chi connectivity index (χ3n) is 4.88. The van der Waals surface area contributed by atoms with Gasteiger partial charge in [0.05, 0.1) is 12.7 Å². The van der Waals surface area contributed by atoms with Gasteiger partial charge in [-0.1, -0.05) is 12.8 Å². The van der Waals surface area contributed by atoms with Crippen LogP contribution >= 0.6 is 0 Å². The lowest BCUT2D eigenvalue weighted by molar-refractivity contribution is 0.100. The Morgan fingerprint density at radius 2 is 2.03 bits per heavy atom. The standard InChI is InChI=1S/C20H27FN6O2/c1-10-6-13(8-17(24-10)29-3)25-19-14(18(23)28)9-15(21)20(27-19)26-16(11(2)22)7-12-4-5-12/h6,8-9,11-12,16H,4-5,7,22H2,1-3H3,(H2,23,28)(H2,24,25,26,27)/t11-,16+/m0/s1. The molecule has 0 bridgehead atoms. The van der Waals surface area contributed by atoms with Gasteiger partial charge in [-0.3, -0.25) is 4.79 Å². The summed E-state index contributed by atoms with van der Waals surface area (Å²) >= 11 is 0. The Kier molecular flexibility index (Phi) is 6.17. The highest BCUT2D eigenvalue weighted by molar-refractivity contribution is 5.98. The minimum absolute atomic E-state index is 0.0261. The van der Waals surface area contributed by atoms with Gasteiger partial charge in [-0.15, -0.1) is 0 Å². The van der Waals surface area contributed by atoms with Crippen molar-refractivity contribution in [1.82, 2.24) is 9.97 Å². The van der Waals surface area contributed by atoms with Gasteiger partial charge in [0.2, 0.25) is 5.88 Å². The van der Waals surface area contributed by atoms with Crippen molar-refractivity contribution in [2.24, 2.45) is 17.4 Å². The molecule has 0 aromatic carbocycles. The van der Waals surface area contributed by atoms with Crippen molar-refractivity contribution in [2.45, 2.75) is 45.2 Å². The first-order valence-corrected chi connectivity index (χ1v) is 9.59. The number of nitrogens with two attached hydrogens (primary N) is 2. The second-order valence-corrected chi connectivity index (χ2v) is 7.53. The topological polar surface area (TPSA) is 128 Å². The smallest absolute Gasteiger partial charge is 0.252 e. The van der Waals surface area contributed by atoms with Crippen LogP contribution in [0.1, 0.15) is 42.2 Å². The zero-order valence-electron chi connectivity index (χ0n) is 16.8.